The second-order valence-electron chi connectivity index (χ2n) is 6.46. The van der Waals surface area contributed by atoms with E-state index in [1.165, 1.54) is 0 Å². The zero-order valence-electron chi connectivity index (χ0n) is 14.8. The third-order valence-corrected chi connectivity index (χ3v) is 4.70. The van der Waals surface area contributed by atoms with Gasteiger partial charge in [0.05, 0.1) is 22.5 Å². The lowest BCUT2D eigenvalue weighted by molar-refractivity contribution is 0.770. The highest BCUT2D eigenvalue weighted by atomic mass is 15.1. The van der Waals surface area contributed by atoms with Gasteiger partial charge in [0.1, 0.15) is 23.6 Å². The van der Waals surface area contributed by atoms with Crippen molar-refractivity contribution < 1.29 is 0 Å². The van der Waals surface area contributed by atoms with Gasteiger partial charge < -0.3 is 10.3 Å². The van der Waals surface area contributed by atoms with Crippen LogP contribution in [0.2, 0.25) is 0 Å². The molecule has 0 aliphatic heterocycles. The molecule has 1 unspecified atom stereocenters. The number of nitrogens with zero attached hydrogens (tertiary/aromatic N) is 4. The molecular weight excluding hydrogens is 336 g/mol. The number of hydrogen-bond donors (Lipinski definition) is 2. The Balaban J connectivity index is 1.63. The van der Waals surface area contributed by atoms with Gasteiger partial charge in [0.25, 0.3) is 0 Å². The Morgan fingerprint density at radius 3 is 2.67 bits per heavy atom. The molecule has 6 heteroatoms. The summed E-state index contributed by atoms with van der Waals surface area (Å²) in [6.45, 7) is 2.10. The molecule has 0 aliphatic carbocycles. The molecule has 0 bridgehead atoms. The zero-order valence-corrected chi connectivity index (χ0v) is 14.8. The van der Waals surface area contributed by atoms with Gasteiger partial charge in [-0.15, -0.1) is 0 Å². The van der Waals surface area contributed by atoms with Gasteiger partial charge >= 0.3 is 0 Å². The van der Waals surface area contributed by atoms with Crippen LogP contribution in [0.3, 0.4) is 0 Å². The number of benzene rings is 2. The van der Waals surface area contributed by atoms with Crippen molar-refractivity contribution in [1.29, 1.82) is 0 Å². The van der Waals surface area contributed by atoms with Gasteiger partial charge in [0.2, 0.25) is 0 Å². The highest BCUT2D eigenvalue weighted by Gasteiger charge is 2.19. The van der Waals surface area contributed by atoms with Gasteiger partial charge in [0.15, 0.2) is 0 Å². The summed E-state index contributed by atoms with van der Waals surface area (Å²) in [5.74, 6) is 1.73. The third kappa shape index (κ3) is 2.62. The van der Waals surface area contributed by atoms with Crippen LogP contribution in [0.5, 0.6) is 0 Å². The van der Waals surface area contributed by atoms with Gasteiger partial charge in [-0.3, -0.25) is 4.57 Å². The van der Waals surface area contributed by atoms with Crippen molar-refractivity contribution in [3.05, 3.63) is 79.0 Å². The SMILES string of the molecule is CC(Nc1ncnc2[nH]ccc12)c1nc2ccccc2n1-c1ccccc1. The van der Waals surface area contributed by atoms with E-state index in [0.29, 0.717) is 0 Å². The second kappa shape index (κ2) is 6.25. The van der Waals surface area contributed by atoms with E-state index in [1.807, 2.05) is 48.7 Å². The lowest BCUT2D eigenvalue weighted by Crippen LogP contribution is -2.14. The Labute approximate surface area is 155 Å². The molecule has 132 valence electrons. The molecule has 0 fully saturated rings. The number of nitrogens with one attached hydrogen (secondary N) is 2. The van der Waals surface area contributed by atoms with Crippen molar-refractivity contribution in [3.63, 3.8) is 0 Å². The molecule has 1 atom stereocenters. The monoisotopic (exact) mass is 354 g/mol. The Morgan fingerprint density at radius 1 is 0.963 bits per heavy atom. The summed E-state index contributed by atoms with van der Waals surface area (Å²) in [5, 5.41) is 4.47. The fraction of sp³-hybridized carbons (Fsp3) is 0.0952. The van der Waals surface area contributed by atoms with Gasteiger partial charge in [-0.1, -0.05) is 30.3 Å². The van der Waals surface area contributed by atoms with Gasteiger partial charge in [0, 0.05) is 11.9 Å². The molecule has 0 aliphatic rings. The first kappa shape index (κ1) is 15.6. The van der Waals surface area contributed by atoms with E-state index in [4.69, 9.17) is 4.98 Å². The molecule has 2 N–H and O–H groups in total. The quantitative estimate of drug-likeness (QED) is 0.499. The molecule has 2 aromatic carbocycles. The molecule has 3 heterocycles. The van der Waals surface area contributed by atoms with Gasteiger partial charge in [-0.05, 0) is 37.3 Å². The van der Waals surface area contributed by atoms with E-state index in [-0.39, 0.29) is 6.04 Å². The largest absolute Gasteiger partial charge is 0.360 e. The average Bonchev–Trinajstić information content (AvgIpc) is 3.34. The summed E-state index contributed by atoms with van der Waals surface area (Å²) < 4.78 is 2.20. The number of anilines is 1. The summed E-state index contributed by atoms with van der Waals surface area (Å²) in [7, 11) is 0. The predicted octanol–water partition coefficient (Wildman–Crippen LogP) is 4.47. The van der Waals surface area contributed by atoms with Crippen molar-refractivity contribution >= 4 is 27.9 Å². The molecular formula is C21H18N6. The van der Waals surface area contributed by atoms with Crippen LogP contribution >= 0.6 is 0 Å². The fourth-order valence-corrected chi connectivity index (χ4v) is 3.44. The maximum absolute atomic E-state index is 4.90. The van der Waals surface area contributed by atoms with Crippen LogP contribution < -0.4 is 5.32 Å². The van der Waals surface area contributed by atoms with Crippen molar-refractivity contribution in [2.75, 3.05) is 5.32 Å². The van der Waals surface area contributed by atoms with E-state index in [1.54, 1.807) is 6.33 Å². The number of rotatable bonds is 4. The summed E-state index contributed by atoms with van der Waals surface area (Å²) >= 11 is 0. The average molecular weight is 354 g/mol. The number of imidazole rings is 1. The zero-order chi connectivity index (χ0) is 18.2. The number of aromatic nitrogens is 5. The highest BCUT2D eigenvalue weighted by Crippen LogP contribution is 2.28. The first-order valence-electron chi connectivity index (χ1n) is 8.89. The van der Waals surface area contributed by atoms with Gasteiger partial charge in [-0.25, -0.2) is 15.0 Å². The molecule has 0 amide bonds. The van der Waals surface area contributed by atoms with Crippen LogP contribution in [0.15, 0.2) is 73.2 Å². The van der Waals surface area contributed by atoms with E-state index >= 15 is 0 Å². The van der Waals surface area contributed by atoms with Crippen molar-refractivity contribution in [2.45, 2.75) is 13.0 Å². The first-order valence-corrected chi connectivity index (χ1v) is 8.89. The van der Waals surface area contributed by atoms with Crippen molar-refractivity contribution in [3.8, 4) is 5.69 Å². The van der Waals surface area contributed by atoms with E-state index in [9.17, 15) is 0 Å². The Hall–Kier alpha value is -3.67. The maximum Gasteiger partial charge on any atom is 0.142 e. The topological polar surface area (TPSA) is 71.4 Å². The lowest BCUT2D eigenvalue weighted by atomic mass is 10.2. The molecule has 0 radical (unpaired) electrons. The number of H-pyrrole nitrogens is 1. The first-order chi connectivity index (χ1) is 13.3. The van der Waals surface area contributed by atoms with E-state index < -0.39 is 0 Å². The minimum atomic E-state index is -0.0504. The van der Waals surface area contributed by atoms with Gasteiger partial charge in [-0.2, -0.15) is 0 Å². The Morgan fingerprint density at radius 2 is 1.78 bits per heavy atom. The van der Waals surface area contributed by atoms with Crippen LogP contribution in [-0.2, 0) is 0 Å². The summed E-state index contributed by atoms with van der Waals surface area (Å²) in [4.78, 5) is 16.7. The standard InChI is InChI=1S/C21H18N6/c1-14(25-20-16-11-12-22-19(16)23-13-24-20)21-26-17-9-5-6-10-18(17)27(21)15-7-3-2-4-8-15/h2-14H,1H3,(H2,22,23,24,25). The minimum Gasteiger partial charge on any atom is -0.360 e. The van der Waals surface area contributed by atoms with E-state index in [2.05, 4.69) is 50.0 Å². The van der Waals surface area contributed by atoms with Crippen LogP contribution in [-0.4, -0.2) is 24.5 Å². The molecule has 6 nitrogen and oxygen atoms in total. The molecule has 0 spiro atoms. The molecule has 27 heavy (non-hydrogen) atoms. The van der Waals surface area contributed by atoms with Crippen LogP contribution in [0.1, 0.15) is 18.8 Å². The van der Waals surface area contributed by atoms with Crippen LogP contribution in [0.4, 0.5) is 5.82 Å². The molecule has 3 aromatic heterocycles. The third-order valence-electron chi connectivity index (χ3n) is 4.70. The summed E-state index contributed by atoms with van der Waals surface area (Å²) in [6.07, 6.45) is 3.43. The molecule has 0 saturated carbocycles. The number of aromatic amines is 1. The smallest absolute Gasteiger partial charge is 0.142 e. The van der Waals surface area contributed by atoms with Crippen molar-refractivity contribution in [2.24, 2.45) is 0 Å². The summed E-state index contributed by atoms with van der Waals surface area (Å²) in [6, 6.07) is 20.4. The second-order valence-corrected chi connectivity index (χ2v) is 6.46. The minimum absolute atomic E-state index is 0.0504. The van der Waals surface area contributed by atoms with Crippen LogP contribution in [0.25, 0.3) is 27.8 Å². The number of fused-ring (bicyclic) bond motifs is 2. The number of hydrogen-bond acceptors (Lipinski definition) is 4. The van der Waals surface area contributed by atoms with Crippen molar-refractivity contribution in [1.82, 2.24) is 24.5 Å². The maximum atomic E-state index is 4.90. The molecule has 0 saturated heterocycles. The normalized spacial score (nSPS) is 12.5. The Kier molecular flexibility index (Phi) is 3.60. The van der Waals surface area contributed by atoms with Crippen LogP contribution in [0, 0.1) is 0 Å². The van der Waals surface area contributed by atoms with E-state index in [0.717, 1.165) is 39.4 Å². The highest BCUT2D eigenvalue weighted by molar-refractivity contribution is 5.87. The molecule has 5 aromatic rings. The number of para-hydroxylation sites is 3. The summed E-state index contributed by atoms with van der Waals surface area (Å²) in [5.41, 5.74) is 3.96. The lowest BCUT2D eigenvalue weighted by Gasteiger charge is -2.17. The molecule has 5 rings (SSSR count). The predicted molar refractivity (Wildman–Crippen MR) is 107 cm³/mol. The Bertz CT molecular complexity index is 1220. The fourth-order valence-electron chi connectivity index (χ4n) is 3.44.